The number of thiazole rings is 1. The number of benzene rings is 2. The summed E-state index contributed by atoms with van der Waals surface area (Å²) in [6, 6.07) is 13.0. The van der Waals surface area contributed by atoms with Crippen LogP contribution in [0.3, 0.4) is 0 Å². The zero-order valence-electron chi connectivity index (χ0n) is 22.5. The Morgan fingerprint density at radius 2 is 1.80 bits per heavy atom. The number of nitrogens with two attached hydrogens (primary N) is 1. The SMILES string of the molecule is Cc1ccc(C(N)=O)c([N+]2(c3nc(C(=O)N4CCN(c5cccc(C(F)(F)F)c5)CC4)cs3)CCC(C#N)CC2)c1. The molecule has 1 aromatic heterocycles. The summed E-state index contributed by atoms with van der Waals surface area (Å²) in [5, 5.41) is 11.9. The van der Waals surface area contributed by atoms with Gasteiger partial charge in [0.1, 0.15) is 11.3 Å². The topological polar surface area (TPSA) is 103 Å². The summed E-state index contributed by atoms with van der Waals surface area (Å²) in [6.07, 6.45) is -3.19. The third kappa shape index (κ3) is 5.64. The van der Waals surface area contributed by atoms with Gasteiger partial charge >= 0.3 is 6.18 Å². The van der Waals surface area contributed by atoms with E-state index in [2.05, 4.69) is 6.07 Å². The third-order valence-electron chi connectivity index (χ3n) is 7.96. The van der Waals surface area contributed by atoms with Crippen molar-refractivity contribution in [1.29, 1.82) is 5.26 Å². The molecule has 0 unspecified atom stereocenters. The van der Waals surface area contributed by atoms with Gasteiger partial charge in [-0.2, -0.15) is 23.4 Å². The summed E-state index contributed by atoms with van der Waals surface area (Å²) in [6.45, 7) is 4.49. The molecule has 0 aliphatic carbocycles. The van der Waals surface area contributed by atoms with Crippen LogP contribution in [0.1, 0.15) is 44.8 Å². The number of carbonyl (C=O) groups excluding carboxylic acids is 2. The lowest BCUT2D eigenvalue weighted by atomic mass is 9.94. The molecule has 0 saturated carbocycles. The molecule has 2 N–H and O–H groups in total. The molecular weight excluding hydrogens is 553 g/mol. The minimum atomic E-state index is -4.42. The van der Waals surface area contributed by atoms with Gasteiger partial charge in [0.25, 0.3) is 16.9 Å². The van der Waals surface area contributed by atoms with E-state index in [9.17, 15) is 28.0 Å². The highest BCUT2D eigenvalue weighted by Crippen LogP contribution is 2.43. The van der Waals surface area contributed by atoms with E-state index >= 15 is 0 Å². The van der Waals surface area contributed by atoms with Crippen LogP contribution in [0.2, 0.25) is 0 Å². The molecule has 12 heteroatoms. The number of nitrogens with zero attached hydrogens (tertiary/aromatic N) is 5. The second-order valence-corrected chi connectivity index (χ2v) is 11.4. The van der Waals surface area contributed by atoms with E-state index in [1.54, 1.807) is 22.4 Å². The number of rotatable bonds is 5. The first-order chi connectivity index (χ1) is 19.5. The Bertz CT molecular complexity index is 1500. The minimum Gasteiger partial charge on any atom is -0.368 e. The molecule has 0 atom stereocenters. The monoisotopic (exact) mass is 583 g/mol. The minimum absolute atomic E-state index is 0.0997. The highest BCUT2D eigenvalue weighted by Gasteiger charge is 2.44. The summed E-state index contributed by atoms with van der Waals surface area (Å²) in [5.74, 6) is -0.899. The fourth-order valence-corrected chi connectivity index (χ4v) is 6.65. The van der Waals surface area contributed by atoms with Gasteiger partial charge in [-0.05, 0) is 36.8 Å². The second kappa shape index (κ2) is 11.1. The van der Waals surface area contributed by atoms with Crippen molar-refractivity contribution in [2.45, 2.75) is 25.9 Å². The predicted octanol–water partition coefficient (Wildman–Crippen LogP) is 5.10. The lowest BCUT2D eigenvalue weighted by Crippen LogP contribution is -2.51. The average molecular weight is 584 g/mol. The molecule has 8 nitrogen and oxygen atoms in total. The molecule has 3 aromatic rings. The number of quaternary nitrogens is 1. The van der Waals surface area contributed by atoms with Gasteiger partial charge in [0, 0.05) is 56.2 Å². The summed E-state index contributed by atoms with van der Waals surface area (Å²) in [4.78, 5) is 34.2. The molecular formula is C29H30F3N6O2S+. The van der Waals surface area contributed by atoms with Crippen LogP contribution in [0.4, 0.5) is 29.7 Å². The molecule has 41 heavy (non-hydrogen) atoms. The average Bonchev–Trinajstić information content (AvgIpc) is 3.47. The highest BCUT2D eigenvalue weighted by molar-refractivity contribution is 7.13. The van der Waals surface area contributed by atoms with Crippen LogP contribution in [0.5, 0.6) is 0 Å². The molecule has 2 aliphatic heterocycles. The standard InChI is InChI=1S/C29H29F3N6O2S/c1-19-5-6-23(26(34)39)25(15-19)38(13-7-20(17-33)8-14-38)28-35-24(18-41-28)27(40)37-11-9-36(10-12-37)22-4-2-3-21(16-22)29(30,31)32/h2-6,15-16,18,20H,7-14H2,1H3,(H-,34,39)/p+1. The summed E-state index contributed by atoms with van der Waals surface area (Å²) >= 11 is 1.34. The van der Waals surface area contributed by atoms with Crippen molar-refractivity contribution < 1.29 is 22.8 Å². The first kappa shape index (κ1) is 28.6. The van der Waals surface area contributed by atoms with Gasteiger partial charge in [-0.25, -0.2) is 4.48 Å². The molecule has 3 heterocycles. The van der Waals surface area contributed by atoms with Crippen LogP contribution in [-0.2, 0) is 6.18 Å². The number of nitriles is 1. The van der Waals surface area contributed by atoms with Gasteiger partial charge in [-0.1, -0.05) is 23.5 Å². The summed E-state index contributed by atoms with van der Waals surface area (Å²) in [7, 11) is 0. The molecule has 2 aromatic carbocycles. The van der Waals surface area contributed by atoms with Crippen molar-refractivity contribution in [3.8, 4) is 6.07 Å². The zero-order chi connectivity index (χ0) is 29.4. The van der Waals surface area contributed by atoms with Crippen molar-refractivity contribution in [2.75, 3.05) is 44.2 Å². The Morgan fingerprint density at radius 3 is 2.44 bits per heavy atom. The Hall–Kier alpha value is -3.95. The normalized spacial score (nSPS) is 21.4. The van der Waals surface area contributed by atoms with E-state index in [1.807, 2.05) is 24.0 Å². The Balaban J connectivity index is 1.37. The molecule has 2 aliphatic rings. The Kier molecular flexibility index (Phi) is 7.76. The van der Waals surface area contributed by atoms with Crippen LogP contribution >= 0.6 is 11.3 Å². The number of aromatic nitrogens is 1. The molecule has 2 amide bonds. The van der Waals surface area contributed by atoms with Gasteiger partial charge in [0.15, 0.2) is 5.69 Å². The third-order valence-corrected chi connectivity index (χ3v) is 8.96. The molecule has 2 saturated heterocycles. The number of hydrogen-bond donors (Lipinski definition) is 1. The molecule has 2 fully saturated rings. The predicted molar refractivity (Wildman–Crippen MR) is 151 cm³/mol. The van der Waals surface area contributed by atoms with E-state index in [4.69, 9.17) is 10.7 Å². The van der Waals surface area contributed by atoms with E-state index < -0.39 is 17.6 Å². The van der Waals surface area contributed by atoms with Gasteiger partial charge in [-0.3, -0.25) is 9.59 Å². The quantitative estimate of drug-likeness (QED) is 0.421. The van der Waals surface area contributed by atoms with Crippen molar-refractivity contribution in [2.24, 2.45) is 11.7 Å². The number of alkyl halides is 3. The maximum absolute atomic E-state index is 13.5. The number of piperidine rings is 1. The van der Waals surface area contributed by atoms with E-state index in [0.717, 1.165) is 23.4 Å². The number of primary amides is 1. The first-order valence-corrected chi connectivity index (χ1v) is 14.2. The molecule has 0 spiro atoms. The van der Waals surface area contributed by atoms with Crippen LogP contribution < -0.4 is 15.1 Å². The van der Waals surface area contributed by atoms with Crippen LogP contribution in [0.15, 0.2) is 47.8 Å². The fraction of sp³-hybridized carbons (Fsp3) is 0.379. The molecule has 214 valence electrons. The van der Waals surface area contributed by atoms with Crippen molar-refractivity contribution in [3.63, 3.8) is 0 Å². The smallest absolute Gasteiger partial charge is 0.368 e. The highest BCUT2D eigenvalue weighted by atomic mass is 32.1. The molecule has 0 radical (unpaired) electrons. The maximum atomic E-state index is 13.5. The van der Waals surface area contributed by atoms with E-state index in [1.165, 1.54) is 17.4 Å². The number of amides is 2. The largest absolute Gasteiger partial charge is 0.416 e. The number of aryl methyl sites for hydroxylation is 1. The molecule has 0 bridgehead atoms. The number of carbonyl (C=O) groups is 2. The first-order valence-electron chi connectivity index (χ1n) is 13.4. The summed E-state index contributed by atoms with van der Waals surface area (Å²) < 4.78 is 39.7. The maximum Gasteiger partial charge on any atom is 0.416 e. The fourth-order valence-electron chi connectivity index (χ4n) is 5.64. The summed E-state index contributed by atoms with van der Waals surface area (Å²) in [5.41, 5.74) is 7.87. The number of halogens is 3. The van der Waals surface area contributed by atoms with Crippen molar-refractivity contribution in [1.82, 2.24) is 14.4 Å². The van der Waals surface area contributed by atoms with Crippen LogP contribution in [0.25, 0.3) is 0 Å². The number of piperazine rings is 1. The van der Waals surface area contributed by atoms with E-state index in [0.29, 0.717) is 68.5 Å². The zero-order valence-corrected chi connectivity index (χ0v) is 23.3. The number of hydrogen-bond acceptors (Lipinski definition) is 6. The van der Waals surface area contributed by atoms with Crippen molar-refractivity contribution >= 4 is 39.7 Å². The van der Waals surface area contributed by atoms with Crippen LogP contribution in [-0.4, -0.2) is 61.0 Å². The molecule has 5 rings (SSSR count). The van der Waals surface area contributed by atoms with Gasteiger partial charge in [-0.15, -0.1) is 0 Å². The van der Waals surface area contributed by atoms with Crippen molar-refractivity contribution in [3.05, 3.63) is 70.2 Å². The van der Waals surface area contributed by atoms with Gasteiger partial charge in [0.05, 0.1) is 30.6 Å². The lowest BCUT2D eigenvalue weighted by Gasteiger charge is -2.40. The van der Waals surface area contributed by atoms with Crippen LogP contribution in [0, 0.1) is 24.2 Å². The Morgan fingerprint density at radius 1 is 1.10 bits per heavy atom. The van der Waals surface area contributed by atoms with E-state index in [-0.39, 0.29) is 22.0 Å². The second-order valence-electron chi connectivity index (χ2n) is 10.5. The lowest BCUT2D eigenvalue weighted by molar-refractivity contribution is -0.137. The Labute approximate surface area is 240 Å². The van der Waals surface area contributed by atoms with Gasteiger partial charge < -0.3 is 15.5 Å². The number of anilines is 1. The van der Waals surface area contributed by atoms with Gasteiger partial charge in [0.2, 0.25) is 0 Å².